The van der Waals surface area contributed by atoms with Crippen molar-refractivity contribution in [3.8, 4) is 0 Å². The quantitative estimate of drug-likeness (QED) is 0.346. The largest absolute Gasteiger partial charge is 0.369 e. The van der Waals surface area contributed by atoms with Crippen LogP contribution in [0.4, 0.5) is 27.6 Å². The maximum atomic E-state index is 14.2. The maximum Gasteiger partial charge on any atom is 0.275 e. The third kappa shape index (κ3) is 5.98. The molecule has 1 amide bonds. The predicted octanol–water partition coefficient (Wildman–Crippen LogP) is 6.18. The predicted molar refractivity (Wildman–Crippen MR) is 119 cm³/mol. The first-order valence-corrected chi connectivity index (χ1v) is 11.3. The lowest BCUT2D eigenvalue weighted by atomic mass is 10.1. The Morgan fingerprint density at radius 1 is 1.41 bits per heavy atom. The summed E-state index contributed by atoms with van der Waals surface area (Å²) in [6, 6.07) is 0. The number of carbonyl (C=O) groups excluding carboxylic acids is 1. The van der Waals surface area contributed by atoms with E-state index in [0.29, 0.717) is 12.8 Å². The number of nitrogens with one attached hydrogen (secondary N) is 1. The number of halogens is 5. The molecule has 0 radical (unpaired) electrons. The van der Waals surface area contributed by atoms with Crippen LogP contribution in [0.15, 0.2) is 42.0 Å². The smallest absolute Gasteiger partial charge is 0.275 e. The van der Waals surface area contributed by atoms with E-state index in [1.165, 1.54) is 18.5 Å². The highest BCUT2D eigenvalue weighted by Gasteiger charge is 2.28. The number of amides is 1. The lowest BCUT2D eigenvalue weighted by molar-refractivity contribution is 0.0234. The van der Waals surface area contributed by atoms with Crippen LogP contribution in [0.1, 0.15) is 53.5 Å². The summed E-state index contributed by atoms with van der Waals surface area (Å²) in [7, 11) is 0. The number of ether oxygens (including phenoxy) is 1. The number of thiazole rings is 1. The molecular formula is C22H23F5N4O2S. The van der Waals surface area contributed by atoms with Gasteiger partial charge in [0.15, 0.2) is 0 Å². The summed E-state index contributed by atoms with van der Waals surface area (Å²) >= 11 is 0.848. The number of hydrogen-bond donors (Lipinski definition) is 1. The number of aromatic nitrogens is 3. The van der Waals surface area contributed by atoms with E-state index in [9.17, 15) is 26.7 Å². The van der Waals surface area contributed by atoms with Crippen LogP contribution in [0, 0.1) is 0 Å². The summed E-state index contributed by atoms with van der Waals surface area (Å²) in [4.78, 5) is 16.8. The van der Waals surface area contributed by atoms with Gasteiger partial charge in [-0.1, -0.05) is 12.7 Å². The van der Waals surface area contributed by atoms with Gasteiger partial charge in [-0.2, -0.15) is 5.10 Å². The monoisotopic (exact) mass is 502 g/mol. The van der Waals surface area contributed by atoms with E-state index in [2.05, 4.69) is 22.0 Å². The zero-order chi connectivity index (χ0) is 24.8. The van der Waals surface area contributed by atoms with Crippen LogP contribution in [0.2, 0.25) is 0 Å². The molecule has 1 saturated heterocycles. The number of alkyl halides is 3. The molecule has 0 bridgehead atoms. The Morgan fingerprint density at radius 2 is 2.18 bits per heavy atom. The molecule has 0 unspecified atom stereocenters. The molecule has 1 fully saturated rings. The van der Waals surface area contributed by atoms with Crippen molar-refractivity contribution >= 4 is 28.5 Å². The first-order chi connectivity index (χ1) is 16.2. The van der Waals surface area contributed by atoms with Gasteiger partial charge in [0.2, 0.25) is 0 Å². The lowest BCUT2D eigenvalue weighted by Gasteiger charge is -2.19. The summed E-state index contributed by atoms with van der Waals surface area (Å²) in [5, 5.41) is 7.72. The van der Waals surface area contributed by atoms with Crippen molar-refractivity contribution in [1.82, 2.24) is 14.8 Å². The summed E-state index contributed by atoms with van der Waals surface area (Å²) in [5.41, 5.74) is -0.275. The molecule has 6 nitrogen and oxygen atoms in total. The highest BCUT2D eigenvalue weighted by atomic mass is 32.1. The normalized spacial score (nSPS) is 20.1. The number of rotatable bonds is 8. The Labute approximate surface area is 196 Å². The molecule has 1 N–H and O–H groups in total. The van der Waals surface area contributed by atoms with Crippen LogP contribution in [0.25, 0.3) is 5.57 Å². The van der Waals surface area contributed by atoms with Gasteiger partial charge in [-0.25, -0.2) is 26.9 Å². The molecule has 2 aromatic heterocycles. The minimum atomic E-state index is -2.71. The Hall–Kier alpha value is -2.86. The minimum absolute atomic E-state index is 0.0761. The van der Waals surface area contributed by atoms with E-state index < -0.39 is 48.4 Å². The van der Waals surface area contributed by atoms with Gasteiger partial charge in [0.05, 0.1) is 29.8 Å². The van der Waals surface area contributed by atoms with Gasteiger partial charge in [-0.3, -0.25) is 9.48 Å². The van der Waals surface area contributed by atoms with E-state index in [1.807, 2.05) is 0 Å². The van der Waals surface area contributed by atoms with Crippen molar-refractivity contribution in [1.29, 1.82) is 0 Å². The summed E-state index contributed by atoms with van der Waals surface area (Å²) in [6.07, 6.45) is -0.437. The lowest BCUT2D eigenvalue weighted by Crippen LogP contribution is -2.19. The Balaban J connectivity index is 1.89. The first-order valence-electron chi connectivity index (χ1n) is 10.5. The molecule has 2 atom stereocenters. The van der Waals surface area contributed by atoms with E-state index in [1.54, 1.807) is 0 Å². The fourth-order valence-corrected chi connectivity index (χ4v) is 4.33. The van der Waals surface area contributed by atoms with Crippen molar-refractivity contribution < 1.29 is 31.5 Å². The second kappa shape index (κ2) is 11.5. The number of hydrogen-bond acceptors (Lipinski definition) is 5. The van der Waals surface area contributed by atoms with E-state index in [0.717, 1.165) is 28.2 Å². The molecule has 0 saturated carbocycles. The summed E-state index contributed by atoms with van der Waals surface area (Å²) < 4.78 is 74.8. The third-order valence-electron chi connectivity index (χ3n) is 5.07. The average molecular weight is 503 g/mol. The number of nitrogens with zero attached hydrogens (tertiary/aromatic N) is 3. The van der Waals surface area contributed by atoms with E-state index >= 15 is 0 Å². The Morgan fingerprint density at radius 3 is 2.85 bits per heavy atom. The van der Waals surface area contributed by atoms with Crippen molar-refractivity contribution in [3.63, 3.8) is 0 Å². The molecular weight excluding hydrogens is 479 g/mol. The van der Waals surface area contributed by atoms with Crippen LogP contribution in [0.5, 0.6) is 0 Å². The minimum Gasteiger partial charge on any atom is -0.369 e. The van der Waals surface area contributed by atoms with Gasteiger partial charge in [0, 0.05) is 5.38 Å². The zero-order valence-corrected chi connectivity index (χ0v) is 19.1. The Kier molecular flexibility index (Phi) is 8.72. The highest BCUT2D eigenvalue weighted by Crippen LogP contribution is 2.34. The first kappa shape index (κ1) is 25.8. The maximum absolute atomic E-state index is 14.2. The van der Waals surface area contributed by atoms with Crippen molar-refractivity contribution in [2.75, 3.05) is 11.9 Å². The molecule has 0 aliphatic carbocycles. The zero-order valence-electron chi connectivity index (χ0n) is 18.2. The molecule has 34 heavy (non-hydrogen) atoms. The molecule has 0 spiro atoms. The second-order valence-corrected chi connectivity index (χ2v) is 8.28. The molecule has 2 aromatic rings. The van der Waals surface area contributed by atoms with Crippen LogP contribution in [0.3, 0.4) is 0 Å². The van der Waals surface area contributed by atoms with Gasteiger partial charge < -0.3 is 10.1 Å². The summed E-state index contributed by atoms with van der Waals surface area (Å²) in [5.74, 6) is -2.55. The molecule has 0 aromatic carbocycles. The van der Waals surface area contributed by atoms with Crippen LogP contribution in [-0.4, -0.2) is 39.9 Å². The molecule has 12 heteroatoms. The average Bonchev–Trinajstić information content (AvgIpc) is 3.37. The number of allylic oxidation sites excluding steroid dienone is 5. The molecule has 3 rings (SSSR count). The molecule has 1 aliphatic rings. The topological polar surface area (TPSA) is 69.0 Å². The van der Waals surface area contributed by atoms with Gasteiger partial charge in [0.1, 0.15) is 41.2 Å². The van der Waals surface area contributed by atoms with Crippen LogP contribution in [-0.2, 0) is 11.3 Å². The SMILES string of the molecule is C=C/C(F)=C(\C(F)=C/C)c1nc(C(=O)Nc2cnn(CC(F)F)c2[C@H]2CCC[C@@H](F)CO2)cs1. The Bertz CT molecular complexity index is 1090. The standard InChI is InChI=1S/C22H23F5N4O2S/c1-3-13(24)19(14(25)4-2)22-30-16(11-34-22)21(32)29-15-8-28-31(9-18(26)27)20(15)17-7-5-6-12(23)10-33-17/h3-4,8,11-12,17-18H,1,5-7,9-10H2,2H3,(H,29,32)/b14-4+,19-13-/t12-,17-/m1/s1. The van der Waals surface area contributed by atoms with E-state index in [-0.39, 0.29) is 35.1 Å². The van der Waals surface area contributed by atoms with E-state index in [4.69, 9.17) is 4.74 Å². The molecule has 184 valence electrons. The van der Waals surface area contributed by atoms with Gasteiger partial charge in [-0.15, -0.1) is 11.3 Å². The van der Waals surface area contributed by atoms with Crippen molar-refractivity contribution in [2.45, 2.75) is 51.4 Å². The number of anilines is 1. The summed E-state index contributed by atoms with van der Waals surface area (Å²) in [6.45, 7) is 3.73. The second-order valence-electron chi connectivity index (χ2n) is 7.42. The van der Waals surface area contributed by atoms with Crippen molar-refractivity contribution in [2.24, 2.45) is 0 Å². The van der Waals surface area contributed by atoms with Gasteiger partial charge in [-0.05, 0) is 32.3 Å². The number of carbonyl (C=O) groups is 1. The van der Waals surface area contributed by atoms with Crippen LogP contribution >= 0.6 is 11.3 Å². The highest BCUT2D eigenvalue weighted by molar-refractivity contribution is 7.11. The molecule has 1 aliphatic heterocycles. The fourth-order valence-electron chi connectivity index (χ4n) is 3.48. The fraction of sp³-hybridized carbons (Fsp3) is 0.409. The van der Waals surface area contributed by atoms with Crippen LogP contribution < -0.4 is 5.32 Å². The third-order valence-corrected chi connectivity index (χ3v) is 5.93. The van der Waals surface area contributed by atoms with Crippen molar-refractivity contribution in [3.05, 3.63) is 58.4 Å². The van der Waals surface area contributed by atoms with Gasteiger partial charge in [0.25, 0.3) is 12.3 Å². The van der Waals surface area contributed by atoms with Gasteiger partial charge >= 0.3 is 0 Å². The molecule has 3 heterocycles.